The quantitative estimate of drug-likeness (QED) is 0.496. The molecular weight excluding hydrogens is 378 g/mol. The molecule has 28 heavy (non-hydrogen) atoms. The maximum Gasteiger partial charge on any atom is 0.228 e. The summed E-state index contributed by atoms with van der Waals surface area (Å²) in [4.78, 5) is 17.1. The molecule has 0 aliphatic carbocycles. The summed E-state index contributed by atoms with van der Waals surface area (Å²) >= 11 is 6.32. The molecule has 0 aliphatic rings. The van der Waals surface area contributed by atoms with Crippen molar-refractivity contribution in [2.45, 2.75) is 39.3 Å². The van der Waals surface area contributed by atoms with Gasteiger partial charge in [0, 0.05) is 17.5 Å². The molecule has 0 saturated carbocycles. The minimum absolute atomic E-state index is 0.158. The fraction of sp³-hybridized carbons (Fsp3) is 0.368. The minimum Gasteiger partial charge on any atom is -0.389 e. The summed E-state index contributed by atoms with van der Waals surface area (Å²) in [5.41, 5.74) is 6.40. The highest BCUT2D eigenvalue weighted by molar-refractivity contribution is 6.35. The first-order valence-corrected chi connectivity index (χ1v) is 9.30. The zero-order chi connectivity index (χ0) is 20.5. The lowest BCUT2D eigenvalue weighted by Gasteiger charge is -2.23. The van der Waals surface area contributed by atoms with Gasteiger partial charge in [0.2, 0.25) is 11.9 Å². The fourth-order valence-corrected chi connectivity index (χ4v) is 3.01. The average Bonchev–Trinajstić information content (AvgIpc) is 2.58. The molecule has 0 amide bonds. The van der Waals surface area contributed by atoms with E-state index in [0.29, 0.717) is 34.7 Å². The standard InChI is InChI=1S/C19H24ClN7O/c1-10(23-18-25-11(2)24-17(21)27-18)13-8-12-6-5-7-14(20)15(12)26-16(13)22-9-19(3,4)28/h5-8,10,28H,9H2,1-4H3,(H,22,26)(H3,21,23,24,25,27). The molecule has 3 aromatic rings. The Morgan fingerprint density at radius 3 is 2.64 bits per heavy atom. The number of pyridine rings is 1. The summed E-state index contributed by atoms with van der Waals surface area (Å²) in [6, 6.07) is 7.45. The van der Waals surface area contributed by atoms with E-state index in [-0.39, 0.29) is 12.0 Å². The molecule has 9 heteroatoms. The first-order valence-electron chi connectivity index (χ1n) is 8.92. The molecule has 3 rings (SSSR count). The third-order valence-corrected chi connectivity index (χ3v) is 4.40. The smallest absolute Gasteiger partial charge is 0.228 e. The zero-order valence-corrected chi connectivity index (χ0v) is 17.0. The maximum atomic E-state index is 10.1. The van der Waals surface area contributed by atoms with Crippen LogP contribution in [0.3, 0.4) is 0 Å². The Kier molecular flexibility index (Phi) is 5.53. The summed E-state index contributed by atoms with van der Waals surface area (Å²) in [6.45, 7) is 7.51. The van der Waals surface area contributed by atoms with Crippen molar-refractivity contribution in [1.82, 2.24) is 19.9 Å². The zero-order valence-electron chi connectivity index (χ0n) is 16.3. The van der Waals surface area contributed by atoms with E-state index in [2.05, 4.69) is 25.6 Å². The molecule has 1 atom stereocenters. The van der Waals surface area contributed by atoms with E-state index in [1.54, 1.807) is 26.8 Å². The van der Waals surface area contributed by atoms with Crippen molar-refractivity contribution in [3.63, 3.8) is 0 Å². The van der Waals surface area contributed by atoms with E-state index in [4.69, 9.17) is 22.3 Å². The lowest BCUT2D eigenvalue weighted by atomic mass is 10.1. The fourth-order valence-electron chi connectivity index (χ4n) is 2.79. The number of anilines is 3. The number of nitrogens with one attached hydrogen (secondary N) is 2. The molecule has 148 valence electrons. The highest BCUT2D eigenvalue weighted by Gasteiger charge is 2.19. The summed E-state index contributed by atoms with van der Waals surface area (Å²) < 4.78 is 0. The van der Waals surface area contributed by atoms with Crippen molar-refractivity contribution >= 4 is 40.2 Å². The van der Waals surface area contributed by atoms with Crippen LogP contribution in [0.5, 0.6) is 0 Å². The summed E-state index contributed by atoms with van der Waals surface area (Å²) in [5, 5.41) is 18.0. The van der Waals surface area contributed by atoms with Crippen molar-refractivity contribution in [1.29, 1.82) is 0 Å². The van der Waals surface area contributed by atoms with E-state index in [1.807, 2.05) is 25.1 Å². The Morgan fingerprint density at radius 1 is 1.21 bits per heavy atom. The number of halogens is 1. The van der Waals surface area contributed by atoms with Crippen LogP contribution in [-0.4, -0.2) is 37.2 Å². The molecule has 0 aliphatic heterocycles. The number of benzene rings is 1. The number of fused-ring (bicyclic) bond motifs is 1. The largest absolute Gasteiger partial charge is 0.389 e. The Labute approximate surface area is 168 Å². The summed E-state index contributed by atoms with van der Waals surface area (Å²) in [7, 11) is 0. The van der Waals surface area contributed by atoms with Gasteiger partial charge in [0.25, 0.3) is 0 Å². The van der Waals surface area contributed by atoms with Gasteiger partial charge in [-0.05, 0) is 39.8 Å². The third kappa shape index (κ3) is 4.76. The van der Waals surface area contributed by atoms with Gasteiger partial charge in [0.1, 0.15) is 11.6 Å². The van der Waals surface area contributed by atoms with Gasteiger partial charge in [0.05, 0.1) is 22.2 Å². The van der Waals surface area contributed by atoms with Gasteiger partial charge in [-0.25, -0.2) is 4.98 Å². The van der Waals surface area contributed by atoms with Crippen LogP contribution in [0, 0.1) is 6.92 Å². The topological polar surface area (TPSA) is 122 Å². The monoisotopic (exact) mass is 401 g/mol. The van der Waals surface area contributed by atoms with Crippen molar-refractivity contribution < 1.29 is 5.11 Å². The predicted molar refractivity (Wildman–Crippen MR) is 113 cm³/mol. The first kappa shape index (κ1) is 20.0. The van der Waals surface area contributed by atoms with Gasteiger partial charge in [-0.1, -0.05) is 23.7 Å². The van der Waals surface area contributed by atoms with Gasteiger partial charge in [0.15, 0.2) is 0 Å². The van der Waals surface area contributed by atoms with Gasteiger partial charge in [-0.2, -0.15) is 15.0 Å². The van der Waals surface area contributed by atoms with Gasteiger partial charge in [-0.3, -0.25) is 0 Å². The summed E-state index contributed by atoms with van der Waals surface area (Å²) in [5.74, 6) is 1.70. The molecule has 0 saturated heterocycles. The molecular formula is C19H24ClN7O. The lowest BCUT2D eigenvalue weighted by Crippen LogP contribution is -2.30. The number of nitrogens with zero attached hydrogens (tertiary/aromatic N) is 4. The number of aromatic nitrogens is 4. The van der Waals surface area contributed by atoms with Crippen LogP contribution in [0.2, 0.25) is 5.02 Å². The number of nitrogen functional groups attached to an aromatic ring is 1. The summed E-state index contributed by atoms with van der Waals surface area (Å²) in [6.07, 6.45) is 0. The normalized spacial score (nSPS) is 12.8. The number of aliphatic hydroxyl groups is 1. The lowest BCUT2D eigenvalue weighted by molar-refractivity contribution is 0.0944. The van der Waals surface area contributed by atoms with Gasteiger partial charge in [-0.15, -0.1) is 0 Å². The van der Waals surface area contributed by atoms with Crippen LogP contribution < -0.4 is 16.4 Å². The van der Waals surface area contributed by atoms with Crippen molar-refractivity contribution in [3.05, 3.63) is 40.7 Å². The second kappa shape index (κ2) is 7.73. The molecule has 2 heterocycles. The molecule has 0 spiro atoms. The van der Waals surface area contributed by atoms with Crippen LogP contribution in [0.4, 0.5) is 17.7 Å². The van der Waals surface area contributed by atoms with Crippen LogP contribution in [0.25, 0.3) is 10.9 Å². The van der Waals surface area contributed by atoms with Gasteiger partial charge >= 0.3 is 0 Å². The van der Waals surface area contributed by atoms with Crippen LogP contribution in [-0.2, 0) is 0 Å². The van der Waals surface area contributed by atoms with E-state index >= 15 is 0 Å². The second-order valence-corrected chi connectivity index (χ2v) is 7.74. The Hall–Kier alpha value is -2.71. The van der Waals surface area contributed by atoms with Crippen LogP contribution in [0.1, 0.15) is 38.2 Å². The third-order valence-electron chi connectivity index (χ3n) is 4.09. The van der Waals surface area contributed by atoms with E-state index in [1.165, 1.54) is 0 Å². The van der Waals surface area contributed by atoms with Crippen molar-refractivity contribution in [3.8, 4) is 0 Å². The second-order valence-electron chi connectivity index (χ2n) is 7.33. The van der Waals surface area contributed by atoms with Crippen LogP contribution in [0.15, 0.2) is 24.3 Å². The average molecular weight is 402 g/mol. The van der Waals surface area contributed by atoms with Crippen LogP contribution >= 0.6 is 11.6 Å². The highest BCUT2D eigenvalue weighted by Crippen LogP contribution is 2.31. The molecule has 1 aromatic carbocycles. The predicted octanol–water partition coefficient (Wildman–Crippen LogP) is 3.32. The molecule has 0 fully saturated rings. The first-order chi connectivity index (χ1) is 13.1. The number of hydrogen-bond donors (Lipinski definition) is 4. The molecule has 8 nitrogen and oxygen atoms in total. The highest BCUT2D eigenvalue weighted by atomic mass is 35.5. The Morgan fingerprint density at radius 2 is 1.96 bits per heavy atom. The number of hydrogen-bond acceptors (Lipinski definition) is 8. The SMILES string of the molecule is Cc1nc(N)nc(NC(C)c2cc3cccc(Cl)c3nc2NCC(C)(C)O)n1. The molecule has 0 bridgehead atoms. The Bertz CT molecular complexity index is 983. The number of rotatable bonds is 6. The van der Waals surface area contributed by atoms with E-state index < -0.39 is 5.60 Å². The van der Waals surface area contributed by atoms with Crippen molar-refractivity contribution in [2.24, 2.45) is 0 Å². The minimum atomic E-state index is -0.898. The number of nitrogens with two attached hydrogens (primary N) is 1. The van der Waals surface area contributed by atoms with E-state index in [9.17, 15) is 5.11 Å². The molecule has 1 unspecified atom stereocenters. The molecule has 2 aromatic heterocycles. The number of para-hydroxylation sites is 1. The van der Waals surface area contributed by atoms with Gasteiger partial charge < -0.3 is 21.5 Å². The molecule has 5 N–H and O–H groups in total. The van der Waals surface area contributed by atoms with E-state index in [0.717, 1.165) is 10.9 Å². The van der Waals surface area contributed by atoms with Crippen molar-refractivity contribution in [2.75, 3.05) is 22.9 Å². The molecule has 0 radical (unpaired) electrons. The number of aryl methyl sites for hydroxylation is 1. The maximum absolute atomic E-state index is 10.1. The Balaban J connectivity index is 2.01.